The van der Waals surface area contributed by atoms with Gasteiger partial charge in [0.2, 0.25) is 0 Å². The number of hydrogen-bond donors (Lipinski definition) is 1. The summed E-state index contributed by atoms with van der Waals surface area (Å²) in [7, 11) is 1.66. The van der Waals surface area contributed by atoms with Gasteiger partial charge in [0.1, 0.15) is 5.75 Å². The number of nitrogens with one attached hydrogen (secondary N) is 1. The molecule has 0 aromatic heterocycles. The van der Waals surface area contributed by atoms with Gasteiger partial charge in [0.15, 0.2) is 0 Å². The molecular formula is C15H14BrCl2NO. The molecule has 1 N–H and O–H groups in total. The minimum Gasteiger partial charge on any atom is -0.496 e. The molecule has 2 nitrogen and oxygen atoms in total. The topological polar surface area (TPSA) is 21.3 Å². The van der Waals surface area contributed by atoms with E-state index in [1.807, 2.05) is 43.3 Å². The fourth-order valence-corrected chi connectivity index (χ4v) is 2.80. The molecule has 0 aliphatic carbocycles. The van der Waals surface area contributed by atoms with Gasteiger partial charge in [-0.3, -0.25) is 0 Å². The highest BCUT2D eigenvalue weighted by molar-refractivity contribution is 9.10. The number of para-hydroxylation sites is 1. The van der Waals surface area contributed by atoms with Crippen molar-refractivity contribution < 1.29 is 4.74 Å². The lowest BCUT2D eigenvalue weighted by Gasteiger charge is -2.19. The van der Waals surface area contributed by atoms with Gasteiger partial charge in [-0.05, 0) is 41.1 Å². The Morgan fingerprint density at radius 1 is 1.10 bits per heavy atom. The number of ether oxygens (including phenoxy) is 1. The first-order valence-electron chi connectivity index (χ1n) is 6.07. The molecule has 0 saturated heterocycles. The summed E-state index contributed by atoms with van der Waals surface area (Å²) < 4.78 is 6.15. The smallest absolute Gasteiger partial charge is 0.124 e. The highest BCUT2D eigenvalue weighted by atomic mass is 79.9. The van der Waals surface area contributed by atoms with Gasteiger partial charge in [0.25, 0.3) is 0 Å². The zero-order chi connectivity index (χ0) is 14.7. The van der Waals surface area contributed by atoms with Crippen LogP contribution in [0.1, 0.15) is 18.5 Å². The van der Waals surface area contributed by atoms with Gasteiger partial charge in [-0.25, -0.2) is 0 Å². The Morgan fingerprint density at radius 3 is 2.50 bits per heavy atom. The summed E-state index contributed by atoms with van der Waals surface area (Å²) in [6.45, 7) is 2.05. The van der Waals surface area contributed by atoms with E-state index in [4.69, 9.17) is 27.9 Å². The van der Waals surface area contributed by atoms with Crippen LogP contribution >= 0.6 is 39.1 Å². The third-order valence-electron chi connectivity index (χ3n) is 3.01. The summed E-state index contributed by atoms with van der Waals surface area (Å²) in [5.74, 6) is 0.840. The molecule has 1 atom stereocenters. The van der Waals surface area contributed by atoms with E-state index in [-0.39, 0.29) is 6.04 Å². The molecular weight excluding hydrogens is 361 g/mol. The average molecular weight is 375 g/mol. The van der Waals surface area contributed by atoms with E-state index in [1.165, 1.54) is 0 Å². The van der Waals surface area contributed by atoms with E-state index >= 15 is 0 Å². The Bertz CT molecular complexity index is 619. The van der Waals surface area contributed by atoms with E-state index in [2.05, 4.69) is 21.2 Å². The van der Waals surface area contributed by atoms with Gasteiger partial charge < -0.3 is 10.1 Å². The number of rotatable bonds is 4. The third-order valence-corrected chi connectivity index (χ3v) is 4.78. The molecule has 0 aliphatic heterocycles. The van der Waals surface area contributed by atoms with E-state index in [0.717, 1.165) is 21.5 Å². The molecule has 0 heterocycles. The fourth-order valence-electron chi connectivity index (χ4n) is 1.97. The van der Waals surface area contributed by atoms with E-state index in [9.17, 15) is 0 Å². The predicted molar refractivity (Wildman–Crippen MR) is 89.2 cm³/mol. The molecule has 2 aromatic rings. The second-order valence-corrected chi connectivity index (χ2v) is 5.94. The molecule has 0 bridgehead atoms. The minimum absolute atomic E-state index is 0.0425. The van der Waals surface area contributed by atoms with Crippen LogP contribution in [0.3, 0.4) is 0 Å². The number of benzene rings is 2. The SMILES string of the molecule is COc1ccccc1C(C)Nc1ccc(Br)c(Cl)c1Cl. The van der Waals surface area contributed by atoms with Gasteiger partial charge in [-0.1, -0.05) is 41.4 Å². The first-order chi connectivity index (χ1) is 9.54. The van der Waals surface area contributed by atoms with Crippen LogP contribution in [0, 0.1) is 0 Å². The Morgan fingerprint density at radius 2 is 1.80 bits per heavy atom. The van der Waals surface area contributed by atoms with Crippen molar-refractivity contribution >= 4 is 44.8 Å². The average Bonchev–Trinajstić information content (AvgIpc) is 2.47. The number of hydrogen-bond acceptors (Lipinski definition) is 2. The van der Waals surface area contributed by atoms with Crippen LogP contribution in [0.2, 0.25) is 10.0 Å². The second-order valence-electron chi connectivity index (χ2n) is 4.33. The molecule has 0 amide bonds. The van der Waals surface area contributed by atoms with Crippen LogP contribution in [0.15, 0.2) is 40.9 Å². The van der Waals surface area contributed by atoms with Crippen LogP contribution in [0.5, 0.6) is 5.75 Å². The van der Waals surface area contributed by atoms with Crippen LogP contribution in [0.25, 0.3) is 0 Å². The summed E-state index contributed by atoms with van der Waals surface area (Å²) >= 11 is 15.7. The summed E-state index contributed by atoms with van der Waals surface area (Å²) in [6, 6.07) is 11.7. The number of halogens is 3. The summed E-state index contributed by atoms with van der Waals surface area (Å²) in [6.07, 6.45) is 0. The van der Waals surface area contributed by atoms with Crippen LogP contribution in [-0.2, 0) is 0 Å². The summed E-state index contributed by atoms with van der Waals surface area (Å²) in [5.41, 5.74) is 1.85. The molecule has 2 rings (SSSR count). The summed E-state index contributed by atoms with van der Waals surface area (Å²) in [5, 5.41) is 4.36. The van der Waals surface area contributed by atoms with Crippen molar-refractivity contribution in [3.05, 3.63) is 56.5 Å². The molecule has 0 aliphatic rings. The summed E-state index contributed by atoms with van der Waals surface area (Å²) in [4.78, 5) is 0. The number of anilines is 1. The largest absolute Gasteiger partial charge is 0.496 e. The maximum Gasteiger partial charge on any atom is 0.124 e. The van der Waals surface area contributed by atoms with Crippen molar-refractivity contribution in [2.45, 2.75) is 13.0 Å². The molecule has 5 heteroatoms. The molecule has 0 saturated carbocycles. The highest BCUT2D eigenvalue weighted by Crippen LogP contribution is 2.38. The van der Waals surface area contributed by atoms with Gasteiger partial charge in [0.05, 0.1) is 28.9 Å². The molecule has 0 radical (unpaired) electrons. The van der Waals surface area contributed by atoms with Crippen molar-refractivity contribution in [3.63, 3.8) is 0 Å². The Balaban J connectivity index is 2.28. The lowest BCUT2D eigenvalue weighted by Crippen LogP contribution is -2.08. The van der Waals surface area contributed by atoms with Gasteiger partial charge in [-0.2, -0.15) is 0 Å². The van der Waals surface area contributed by atoms with Gasteiger partial charge >= 0.3 is 0 Å². The Hall–Kier alpha value is -0.900. The maximum absolute atomic E-state index is 6.25. The number of methoxy groups -OCH3 is 1. The normalized spacial score (nSPS) is 12.1. The van der Waals surface area contributed by atoms with E-state index in [0.29, 0.717) is 10.0 Å². The zero-order valence-electron chi connectivity index (χ0n) is 11.1. The van der Waals surface area contributed by atoms with Crippen molar-refractivity contribution in [2.75, 3.05) is 12.4 Å². The lowest BCUT2D eigenvalue weighted by molar-refractivity contribution is 0.408. The van der Waals surface area contributed by atoms with E-state index in [1.54, 1.807) is 7.11 Å². The first-order valence-corrected chi connectivity index (χ1v) is 7.62. The predicted octanol–water partition coefficient (Wildman–Crippen LogP) is 5.94. The molecule has 0 spiro atoms. The Kier molecular flexibility index (Phi) is 5.19. The third kappa shape index (κ3) is 3.22. The van der Waals surface area contributed by atoms with Crippen molar-refractivity contribution in [2.24, 2.45) is 0 Å². The molecule has 0 fully saturated rings. The monoisotopic (exact) mass is 373 g/mol. The maximum atomic E-state index is 6.25. The fraction of sp³-hybridized carbons (Fsp3) is 0.200. The minimum atomic E-state index is 0.0425. The molecule has 20 heavy (non-hydrogen) atoms. The standard InChI is InChI=1S/C15H14BrCl2NO/c1-9(10-5-3-4-6-13(10)20-2)19-12-8-7-11(16)14(17)15(12)18/h3-9,19H,1-2H3. The van der Waals surface area contributed by atoms with Crippen molar-refractivity contribution in [3.8, 4) is 5.75 Å². The van der Waals surface area contributed by atoms with Gasteiger partial charge in [0, 0.05) is 10.0 Å². The van der Waals surface area contributed by atoms with Gasteiger partial charge in [-0.15, -0.1) is 0 Å². The molecule has 1 unspecified atom stereocenters. The second kappa shape index (κ2) is 6.70. The quantitative estimate of drug-likeness (QED) is 0.668. The van der Waals surface area contributed by atoms with Crippen LogP contribution in [0.4, 0.5) is 5.69 Å². The van der Waals surface area contributed by atoms with Crippen molar-refractivity contribution in [1.82, 2.24) is 0 Å². The Labute approximate surface area is 137 Å². The zero-order valence-corrected chi connectivity index (χ0v) is 14.2. The van der Waals surface area contributed by atoms with Crippen molar-refractivity contribution in [1.29, 1.82) is 0 Å². The molecule has 106 valence electrons. The first kappa shape index (κ1) is 15.5. The highest BCUT2D eigenvalue weighted by Gasteiger charge is 2.14. The molecule has 2 aromatic carbocycles. The lowest BCUT2D eigenvalue weighted by atomic mass is 10.1. The van der Waals surface area contributed by atoms with Crippen LogP contribution < -0.4 is 10.1 Å². The van der Waals surface area contributed by atoms with E-state index < -0.39 is 0 Å². The van der Waals surface area contributed by atoms with Crippen LogP contribution in [-0.4, -0.2) is 7.11 Å².